The Morgan fingerprint density at radius 3 is 2.74 bits per heavy atom. The van der Waals surface area contributed by atoms with E-state index in [9.17, 15) is 8.78 Å². The molecule has 0 radical (unpaired) electrons. The van der Waals surface area contributed by atoms with Gasteiger partial charge < -0.3 is 19.7 Å². The number of aromatic nitrogens is 3. The van der Waals surface area contributed by atoms with Crippen LogP contribution in [-0.2, 0) is 15.4 Å². The van der Waals surface area contributed by atoms with Gasteiger partial charge in [-0.3, -0.25) is 4.98 Å². The van der Waals surface area contributed by atoms with Crippen molar-refractivity contribution >= 4 is 22.4 Å². The van der Waals surface area contributed by atoms with Crippen LogP contribution in [-0.4, -0.2) is 54.2 Å². The van der Waals surface area contributed by atoms with Crippen molar-refractivity contribution in [2.24, 2.45) is 0 Å². The lowest BCUT2D eigenvalue weighted by Crippen LogP contribution is -2.45. The van der Waals surface area contributed by atoms with Crippen LogP contribution in [0.1, 0.15) is 36.9 Å². The summed E-state index contributed by atoms with van der Waals surface area (Å²) in [7, 11) is 1.16. The zero-order chi connectivity index (χ0) is 23.9. The van der Waals surface area contributed by atoms with Crippen LogP contribution < -0.4 is 10.2 Å². The summed E-state index contributed by atoms with van der Waals surface area (Å²) < 4.78 is 54.1. The third-order valence-corrected chi connectivity index (χ3v) is 6.60. The second-order valence-electron chi connectivity index (χ2n) is 8.86. The molecule has 5 rings (SSSR count). The van der Waals surface area contributed by atoms with Gasteiger partial charge in [-0.15, -0.1) is 5.10 Å². The Kier molecular flexibility index (Phi) is 6.03. The minimum Gasteiger partial charge on any atom is -0.378 e. The maximum atomic E-state index is 15.1. The third-order valence-electron chi connectivity index (χ3n) is 6.60. The van der Waals surface area contributed by atoms with E-state index < -0.39 is 30.0 Å². The molecule has 34 heavy (non-hydrogen) atoms. The van der Waals surface area contributed by atoms with Crippen LogP contribution in [0.3, 0.4) is 0 Å². The normalized spacial score (nSPS) is 21.1. The van der Waals surface area contributed by atoms with Crippen molar-refractivity contribution in [2.75, 3.05) is 37.1 Å². The van der Waals surface area contributed by atoms with Crippen molar-refractivity contribution < 1.29 is 22.6 Å². The molecule has 180 valence electrons. The molecule has 3 atom stereocenters. The van der Waals surface area contributed by atoms with Crippen LogP contribution in [0.15, 0.2) is 36.7 Å². The lowest BCUT2D eigenvalue weighted by Gasteiger charge is -2.36. The van der Waals surface area contributed by atoms with Gasteiger partial charge in [0.15, 0.2) is 5.82 Å². The lowest BCUT2D eigenvalue weighted by atomic mass is 10.00. The Labute approximate surface area is 195 Å². The average molecular weight is 473 g/mol. The SMILES string of the molecule is COCC(F)(F)c1cccc([C@@H](C)Nc2nncc3ncc(N4C5CCC4COC5)cc23)c1F. The van der Waals surface area contributed by atoms with Gasteiger partial charge in [0.2, 0.25) is 0 Å². The zero-order valence-electron chi connectivity index (χ0n) is 19.0. The zero-order valence-corrected chi connectivity index (χ0v) is 19.0. The van der Waals surface area contributed by atoms with Crippen LogP contribution in [0.4, 0.5) is 24.7 Å². The first-order chi connectivity index (χ1) is 16.4. The van der Waals surface area contributed by atoms with Crippen molar-refractivity contribution in [3.8, 4) is 0 Å². The predicted octanol–water partition coefficient (Wildman–Crippen LogP) is 4.44. The fourth-order valence-electron chi connectivity index (χ4n) is 4.96. The highest BCUT2D eigenvalue weighted by molar-refractivity contribution is 5.90. The van der Waals surface area contributed by atoms with E-state index in [4.69, 9.17) is 4.74 Å². The van der Waals surface area contributed by atoms with E-state index in [0.29, 0.717) is 36.6 Å². The van der Waals surface area contributed by atoms with Gasteiger partial charge >= 0.3 is 0 Å². The maximum absolute atomic E-state index is 15.1. The molecule has 4 heterocycles. The number of nitrogens with zero attached hydrogens (tertiary/aromatic N) is 4. The van der Waals surface area contributed by atoms with Crippen molar-refractivity contribution in [1.82, 2.24) is 15.2 Å². The maximum Gasteiger partial charge on any atom is 0.298 e. The van der Waals surface area contributed by atoms with Crippen LogP contribution >= 0.6 is 0 Å². The van der Waals surface area contributed by atoms with Crippen molar-refractivity contribution in [3.63, 3.8) is 0 Å². The van der Waals surface area contributed by atoms with E-state index in [1.54, 1.807) is 13.1 Å². The summed E-state index contributed by atoms with van der Waals surface area (Å²) in [4.78, 5) is 6.92. The molecule has 1 N–H and O–H groups in total. The van der Waals surface area contributed by atoms with E-state index in [1.807, 2.05) is 12.3 Å². The number of hydrogen-bond donors (Lipinski definition) is 1. The number of nitrogens with one attached hydrogen (secondary N) is 1. The largest absolute Gasteiger partial charge is 0.378 e. The molecule has 7 nitrogen and oxygen atoms in total. The number of rotatable bonds is 7. The highest BCUT2D eigenvalue weighted by Crippen LogP contribution is 2.37. The quantitative estimate of drug-likeness (QED) is 0.544. The number of pyridine rings is 1. The molecule has 0 aliphatic carbocycles. The minimum atomic E-state index is -3.44. The molecular weight excluding hydrogens is 447 g/mol. The van der Waals surface area contributed by atoms with Gasteiger partial charge in [-0.25, -0.2) is 4.39 Å². The van der Waals surface area contributed by atoms with Crippen LogP contribution in [0.2, 0.25) is 0 Å². The number of halogens is 3. The Bertz CT molecular complexity index is 1180. The van der Waals surface area contributed by atoms with Gasteiger partial charge in [0.25, 0.3) is 5.92 Å². The summed E-state index contributed by atoms with van der Waals surface area (Å²) in [6.45, 7) is 2.17. The van der Waals surface area contributed by atoms with Crippen LogP contribution in [0.5, 0.6) is 0 Å². The minimum absolute atomic E-state index is 0.0995. The number of methoxy groups -OCH3 is 1. The molecule has 3 aromatic rings. The Morgan fingerprint density at radius 1 is 1.24 bits per heavy atom. The van der Waals surface area contributed by atoms with Crippen LogP contribution in [0, 0.1) is 5.82 Å². The number of ether oxygens (including phenoxy) is 2. The fourth-order valence-corrected chi connectivity index (χ4v) is 4.96. The number of morpholine rings is 1. The molecule has 10 heteroatoms. The molecule has 1 aromatic carbocycles. The Hall–Kier alpha value is -2.98. The lowest BCUT2D eigenvalue weighted by molar-refractivity contribution is -0.0722. The molecule has 0 saturated carbocycles. The van der Waals surface area contributed by atoms with Gasteiger partial charge in [-0.05, 0) is 31.9 Å². The Balaban J connectivity index is 1.46. The molecular formula is C24H26F3N5O2. The fraction of sp³-hybridized carbons (Fsp3) is 0.458. The second kappa shape index (κ2) is 8.99. The van der Waals surface area contributed by atoms with E-state index in [1.165, 1.54) is 12.1 Å². The topological polar surface area (TPSA) is 72.4 Å². The van der Waals surface area contributed by atoms with Crippen molar-refractivity contribution in [1.29, 1.82) is 0 Å². The van der Waals surface area contributed by atoms with Crippen molar-refractivity contribution in [2.45, 2.75) is 43.8 Å². The molecule has 2 fully saturated rings. The standard InChI is InChI=1S/C24H26F3N5O2/c1-14(18-4-3-5-20(22(18)25)24(26,27)13-33-2)30-23-19-8-17(9-28-21(19)10-29-31-23)32-15-6-7-16(32)12-34-11-15/h3-5,8-10,14-16H,6-7,11-13H2,1-2H3,(H,30,31)/t14-,15?,16?/m1/s1. The summed E-state index contributed by atoms with van der Waals surface area (Å²) in [5.41, 5.74) is 1.01. The molecule has 2 unspecified atom stereocenters. The van der Waals surface area contributed by atoms with Gasteiger partial charge in [-0.2, -0.15) is 13.9 Å². The Morgan fingerprint density at radius 2 is 2.00 bits per heavy atom. The van der Waals surface area contributed by atoms with Gasteiger partial charge in [0.1, 0.15) is 12.4 Å². The van der Waals surface area contributed by atoms with Crippen molar-refractivity contribution in [3.05, 3.63) is 53.6 Å². The monoisotopic (exact) mass is 473 g/mol. The molecule has 0 amide bonds. The second-order valence-corrected chi connectivity index (χ2v) is 8.86. The van der Waals surface area contributed by atoms with E-state index >= 15 is 4.39 Å². The summed E-state index contributed by atoms with van der Waals surface area (Å²) in [5.74, 6) is -4.00. The summed E-state index contributed by atoms with van der Waals surface area (Å²) >= 11 is 0. The van der Waals surface area contributed by atoms with Gasteiger partial charge in [-0.1, -0.05) is 12.1 Å². The first-order valence-corrected chi connectivity index (χ1v) is 11.3. The molecule has 2 bridgehead atoms. The first-order valence-electron chi connectivity index (χ1n) is 11.3. The van der Waals surface area contributed by atoms with Gasteiger partial charge in [0.05, 0.1) is 60.5 Å². The van der Waals surface area contributed by atoms with Crippen LogP contribution in [0.25, 0.3) is 10.9 Å². The van der Waals surface area contributed by atoms with Gasteiger partial charge in [0, 0.05) is 18.1 Å². The number of hydrogen-bond acceptors (Lipinski definition) is 7. The van der Waals surface area contributed by atoms with E-state index in [0.717, 1.165) is 37.1 Å². The molecule has 2 aliphatic heterocycles. The average Bonchev–Trinajstić information content (AvgIpc) is 3.07. The smallest absolute Gasteiger partial charge is 0.298 e. The third kappa shape index (κ3) is 4.05. The van der Waals surface area contributed by atoms with E-state index in [2.05, 4.69) is 30.1 Å². The summed E-state index contributed by atoms with van der Waals surface area (Å²) in [6.07, 6.45) is 5.54. The number of alkyl halides is 2. The molecule has 2 aromatic heterocycles. The number of anilines is 2. The molecule has 2 aliphatic rings. The number of fused-ring (bicyclic) bond motifs is 3. The highest BCUT2D eigenvalue weighted by atomic mass is 19.3. The molecule has 2 saturated heterocycles. The summed E-state index contributed by atoms with van der Waals surface area (Å²) in [6, 6.07) is 5.95. The van der Waals surface area contributed by atoms with E-state index in [-0.39, 0.29) is 5.56 Å². The first kappa shape index (κ1) is 22.8. The number of benzene rings is 1. The predicted molar refractivity (Wildman–Crippen MR) is 122 cm³/mol. The summed E-state index contributed by atoms with van der Waals surface area (Å²) in [5, 5.41) is 12.1. The highest BCUT2D eigenvalue weighted by Gasteiger charge is 2.38. The molecule has 0 spiro atoms.